The molecule has 2 rings (SSSR count). The molecule has 94 valence electrons. The molecule has 1 fully saturated rings. The van der Waals surface area contributed by atoms with E-state index in [1.165, 1.54) is 0 Å². The van der Waals surface area contributed by atoms with Crippen molar-refractivity contribution in [2.45, 2.75) is 44.1 Å². The minimum atomic E-state index is -0.880. The smallest absolute Gasteiger partial charge is 0.315 e. The number of aromatic nitrogens is 2. The predicted octanol–water partition coefficient (Wildman–Crippen LogP) is 0.986. The van der Waals surface area contributed by atoms with Crippen LogP contribution < -0.4 is 0 Å². The molecule has 0 radical (unpaired) electrons. The van der Waals surface area contributed by atoms with Crippen LogP contribution in [0.3, 0.4) is 0 Å². The zero-order valence-corrected chi connectivity index (χ0v) is 10.2. The number of aliphatic hydroxyl groups excluding tert-OH is 1. The van der Waals surface area contributed by atoms with Gasteiger partial charge in [0, 0.05) is 7.05 Å². The summed E-state index contributed by atoms with van der Waals surface area (Å²) in [6.45, 7) is 1.86. The number of hydrogen-bond donors (Lipinski definition) is 2. The van der Waals surface area contributed by atoms with Gasteiger partial charge >= 0.3 is 5.97 Å². The molecule has 2 N–H and O–H groups in total. The van der Waals surface area contributed by atoms with Gasteiger partial charge in [-0.3, -0.25) is 9.48 Å². The fourth-order valence-corrected chi connectivity index (χ4v) is 2.73. The molecule has 0 bridgehead atoms. The van der Waals surface area contributed by atoms with Crippen molar-refractivity contribution in [1.29, 1.82) is 0 Å². The summed E-state index contributed by atoms with van der Waals surface area (Å²) in [5.74, 6) is -0.813. The number of rotatable bonds is 2. The highest BCUT2D eigenvalue weighted by molar-refractivity contribution is 5.81. The van der Waals surface area contributed by atoms with E-state index >= 15 is 0 Å². The van der Waals surface area contributed by atoms with Gasteiger partial charge in [0.1, 0.15) is 5.41 Å². The number of aliphatic hydroxyl groups is 1. The molecular weight excluding hydrogens is 220 g/mol. The molecule has 0 aliphatic heterocycles. The van der Waals surface area contributed by atoms with E-state index in [0.717, 1.165) is 11.4 Å². The topological polar surface area (TPSA) is 75.3 Å². The normalized spacial score (nSPS) is 29.2. The van der Waals surface area contributed by atoms with E-state index in [-0.39, 0.29) is 6.10 Å². The first-order chi connectivity index (χ1) is 7.95. The molecule has 1 aromatic rings. The maximum Gasteiger partial charge on any atom is 0.315 e. The fraction of sp³-hybridized carbons (Fsp3) is 0.667. The van der Waals surface area contributed by atoms with Crippen LogP contribution in [0.4, 0.5) is 0 Å². The molecule has 17 heavy (non-hydrogen) atoms. The van der Waals surface area contributed by atoms with Crippen LogP contribution in [0.5, 0.6) is 0 Å². The molecule has 0 aromatic carbocycles. The third-order valence-electron chi connectivity index (χ3n) is 3.71. The Bertz CT molecular complexity index is 431. The average Bonchev–Trinajstić information content (AvgIpc) is 2.59. The first-order valence-corrected chi connectivity index (χ1v) is 5.88. The molecule has 0 amide bonds. The number of carboxylic acids is 1. The Hall–Kier alpha value is -1.36. The van der Waals surface area contributed by atoms with E-state index < -0.39 is 11.4 Å². The van der Waals surface area contributed by atoms with E-state index in [9.17, 15) is 15.0 Å². The quantitative estimate of drug-likeness (QED) is 0.805. The molecule has 0 unspecified atom stereocenters. The average molecular weight is 238 g/mol. The van der Waals surface area contributed by atoms with Gasteiger partial charge in [0.25, 0.3) is 0 Å². The summed E-state index contributed by atoms with van der Waals surface area (Å²) in [4.78, 5) is 11.6. The summed E-state index contributed by atoms with van der Waals surface area (Å²) in [5.41, 5.74) is 0.693. The van der Waals surface area contributed by atoms with E-state index in [1.54, 1.807) is 11.7 Å². The minimum absolute atomic E-state index is 0.364. The molecule has 1 aliphatic carbocycles. The lowest BCUT2D eigenvalue weighted by Crippen LogP contribution is -2.42. The lowest BCUT2D eigenvalue weighted by molar-refractivity contribution is -0.146. The third kappa shape index (κ3) is 1.95. The summed E-state index contributed by atoms with van der Waals surface area (Å²) in [5, 5.41) is 23.3. The largest absolute Gasteiger partial charge is 0.481 e. The Morgan fingerprint density at radius 2 is 2.12 bits per heavy atom. The fourth-order valence-electron chi connectivity index (χ4n) is 2.73. The highest BCUT2D eigenvalue weighted by atomic mass is 16.4. The molecule has 5 nitrogen and oxygen atoms in total. The van der Waals surface area contributed by atoms with Crippen LogP contribution in [0.2, 0.25) is 0 Å². The van der Waals surface area contributed by atoms with Crippen LogP contribution in [0.15, 0.2) is 6.07 Å². The monoisotopic (exact) mass is 238 g/mol. The lowest BCUT2D eigenvalue weighted by atomic mass is 9.71. The number of nitrogens with zero attached hydrogens (tertiary/aromatic N) is 2. The van der Waals surface area contributed by atoms with Gasteiger partial charge in [0.2, 0.25) is 0 Å². The lowest BCUT2D eigenvalue weighted by Gasteiger charge is -2.35. The predicted molar refractivity (Wildman–Crippen MR) is 61.7 cm³/mol. The van der Waals surface area contributed by atoms with Crippen molar-refractivity contribution in [3.63, 3.8) is 0 Å². The van der Waals surface area contributed by atoms with Gasteiger partial charge in [-0.1, -0.05) is 0 Å². The molecule has 1 saturated carbocycles. The Balaban J connectivity index is 2.42. The molecule has 0 atom stereocenters. The van der Waals surface area contributed by atoms with Gasteiger partial charge < -0.3 is 10.2 Å². The Morgan fingerprint density at radius 3 is 2.53 bits per heavy atom. The van der Waals surface area contributed by atoms with Crippen molar-refractivity contribution in [2.75, 3.05) is 0 Å². The third-order valence-corrected chi connectivity index (χ3v) is 3.71. The van der Waals surface area contributed by atoms with Crippen LogP contribution in [0, 0.1) is 6.92 Å². The molecule has 5 heteroatoms. The van der Waals surface area contributed by atoms with E-state index in [2.05, 4.69) is 5.10 Å². The Labute approximate surface area is 100 Å². The number of carboxylic acid groups (broad SMARTS) is 1. The van der Waals surface area contributed by atoms with Gasteiger partial charge in [-0.05, 0) is 38.7 Å². The maximum absolute atomic E-state index is 11.6. The van der Waals surface area contributed by atoms with E-state index in [4.69, 9.17) is 0 Å². The van der Waals surface area contributed by atoms with Crippen LogP contribution in [0.1, 0.15) is 37.1 Å². The van der Waals surface area contributed by atoms with Crippen LogP contribution in [0.25, 0.3) is 0 Å². The zero-order valence-electron chi connectivity index (χ0n) is 10.2. The van der Waals surface area contributed by atoms with Crippen molar-refractivity contribution in [3.05, 3.63) is 17.5 Å². The van der Waals surface area contributed by atoms with Crippen LogP contribution in [-0.2, 0) is 17.3 Å². The van der Waals surface area contributed by atoms with E-state index in [1.807, 2.05) is 13.0 Å². The minimum Gasteiger partial charge on any atom is -0.481 e. The summed E-state index contributed by atoms with van der Waals surface area (Å²) in [7, 11) is 1.78. The number of aryl methyl sites for hydroxylation is 2. The van der Waals surface area contributed by atoms with Crippen molar-refractivity contribution in [3.8, 4) is 0 Å². The standard InChI is InChI=1S/C12H18N2O3/c1-8-7-10(14(2)13-8)12(11(16)17)5-3-9(15)4-6-12/h7,9,15H,3-6H2,1-2H3,(H,16,17). The van der Waals surface area contributed by atoms with Crippen LogP contribution in [-0.4, -0.2) is 32.1 Å². The van der Waals surface area contributed by atoms with Gasteiger partial charge in [0.05, 0.1) is 17.5 Å². The Morgan fingerprint density at radius 1 is 1.53 bits per heavy atom. The van der Waals surface area contributed by atoms with Crippen molar-refractivity contribution >= 4 is 5.97 Å². The molecule has 1 heterocycles. The highest BCUT2D eigenvalue weighted by Gasteiger charge is 2.45. The van der Waals surface area contributed by atoms with Gasteiger partial charge in [-0.15, -0.1) is 0 Å². The second-order valence-corrected chi connectivity index (χ2v) is 4.91. The molecule has 1 aromatic heterocycles. The molecule has 0 saturated heterocycles. The second kappa shape index (κ2) is 4.14. The van der Waals surface area contributed by atoms with E-state index in [0.29, 0.717) is 25.7 Å². The zero-order chi connectivity index (χ0) is 12.6. The molecule has 0 spiro atoms. The number of hydrogen-bond acceptors (Lipinski definition) is 3. The van der Waals surface area contributed by atoms with Gasteiger partial charge in [-0.25, -0.2) is 0 Å². The van der Waals surface area contributed by atoms with Gasteiger partial charge in [-0.2, -0.15) is 5.10 Å². The second-order valence-electron chi connectivity index (χ2n) is 4.91. The highest BCUT2D eigenvalue weighted by Crippen LogP contribution is 2.39. The van der Waals surface area contributed by atoms with Crippen molar-refractivity contribution < 1.29 is 15.0 Å². The number of carbonyl (C=O) groups is 1. The summed E-state index contributed by atoms with van der Waals surface area (Å²) in [6.07, 6.45) is 1.66. The first kappa shape index (κ1) is 12.1. The summed E-state index contributed by atoms with van der Waals surface area (Å²) >= 11 is 0. The summed E-state index contributed by atoms with van der Waals surface area (Å²) < 4.78 is 1.65. The SMILES string of the molecule is Cc1cc(C2(C(=O)O)CCC(O)CC2)n(C)n1. The van der Waals surface area contributed by atoms with Gasteiger partial charge in [0.15, 0.2) is 0 Å². The van der Waals surface area contributed by atoms with Crippen molar-refractivity contribution in [1.82, 2.24) is 9.78 Å². The summed E-state index contributed by atoms with van der Waals surface area (Å²) in [6, 6.07) is 1.84. The first-order valence-electron chi connectivity index (χ1n) is 5.88. The van der Waals surface area contributed by atoms with Crippen molar-refractivity contribution in [2.24, 2.45) is 7.05 Å². The molecular formula is C12H18N2O3. The maximum atomic E-state index is 11.6. The Kier molecular flexibility index (Phi) is 2.95. The molecule has 1 aliphatic rings. The number of aliphatic carboxylic acids is 1. The van der Waals surface area contributed by atoms with Crippen LogP contribution >= 0.6 is 0 Å².